The zero-order chi connectivity index (χ0) is 23.0. The Kier molecular flexibility index (Phi) is 8.26. The van der Waals surface area contributed by atoms with Gasteiger partial charge < -0.3 is 0 Å². The number of hydrogen-bond donors (Lipinski definition) is 0. The first-order valence-corrected chi connectivity index (χ1v) is 11.7. The van der Waals surface area contributed by atoms with Crippen molar-refractivity contribution in [1.82, 2.24) is 19.9 Å². The predicted molar refractivity (Wildman–Crippen MR) is 132 cm³/mol. The Hall–Kier alpha value is -1.87. The summed E-state index contributed by atoms with van der Waals surface area (Å²) in [5.74, 6) is 3.58. The number of ether oxygens (including phenoxy) is 4. The Morgan fingerprint density at radius 1 is 0.727 bits per heavy atom. The second kappa shape index (κ2) is 10.6. The van der Waals surface area contributed by atoms with E-state index in [0.29, 0.717) is 45.3 Å². The van der Waals surface area contributed by atoms with Crippen LogP contribution < -0.4 is 28.0 Å². The molecule has 0 fully saturated rings. The van der Waals surface area contributed by atoms with Crippen LogP contribution >= 0.6 is 11.6 Å². The summed E-state index contributed by atoms with van der Waals surface area (Å²) in [6.45, 7) is 3.66. The van der Waals surface area contributed by atoms with Crippen LogP contribution in [-0.4, -0.2) is 92.9 Å². The van der Waals surface area contributed by atoms with E-state index >= 15 is 0 Å². The molecule has 0 radical (unpaired) electrons. The van der Waals surface area contributed by atoms with E-state index in [0.717, 1.165) is 25.3 Å². The number of methoxy groups -OCH3 is 4. The molecular formula is C22H22ClN4NaO4Se. The Balaban J connectivity index is 0.00000306. The first-order valence-electron chi connectivity index (χ1n) is 9.57. The molecule has 0 aliphatic heterocycles. The molecule has 0 atom stereocenters. The van der Waals surface area contributed by atoms with Crippen molar-refractivity contribution in [2.24, 2.45) is 0 Å². The monoisotopic (exact) mass is 544 g/mol. The van der Waals surface area contributed by atoms with Crippen molar-refractivity contribution in [1.29, 1.82) is 0 Å². The third-order valence-electron chi connectivity index (χ3n) is 4.83. The minimum atomic E-state index is -0.355. The number of benzene rings is 2. The van der Waals surface area contributed by atoms with Crippen LogP contribution in [0.5, 0.6) is 23.0 Å². The van der Waals surface area contributed by atoms with Crippen LogP contribution in [0.2, 0.25) is 5.15 Å². The van der Waals surface area contributed by atoms with E-state index in [2.05, 4.69) is 15.0 Å². The van der Waals surface area contributed by atoms with E-state index in [1.54, 1.807) is 35.4 Å². The van der Waals surface area contributed by atoms with Crippen molar-refractivity contribution in [3.63, 3.8) is 0 Å². The quantitative estimate of drug-likeness (QED) is 0.269. The van der Waals surface area contributed by atoms with Gasteiger partial charge in [0.05, 0.1) is 0 Å². The van der Waals surface area contributed by atoms with Crippen LogP contribution in [0.1, 0.15) is 11.6 Å². The minimum absolute atomic E-state index is 0. The van der Waals surface area contributed by atoms with Gasteiger partial charge in [-0.2, -0.15) is 0 Å². The number of aromatic nitrogens is 4. The van der Waals surface area contributed by atoms with Crippen molar-refractivity contribution < 1.29 is 18.9 Å². The third kappa shape index (κ3) is 4.85. The summed E-state index contributed by atoms with van der Waals surface area (Å²) in [6, 6.07) is 5.55. The summed E-state index contributed by atoms with van der Waals surface area (Å²) in [4.78, 5) is 18.3. The molecule has 168 valence electrons. The van der Waals surface area contributed by atoms with Crippen molar-refractivity contribution in [3.05, 3.63) is 35.0 Å². The van der Waals surface area contributed by atoms with E-state index < -0.39 is 0 Å². The molecule has 2 aromatic heterocycles. The van der Waals surface area contributed by atoms with Gasteiger partial charge in [0, 0.05) is 0 Å². The average molecular weight is 544 g/mol. The fourth-order valence-electron chi connectivity index (χ4n) is 3.44. The zero-order valence-corrected chi connectivity index (χ0v) is 20.9. The van der Waals surface area contributed by atoms with E-state index in [1.165, 1.54) is 0 Å². The molecule has 0 saturated carbocycles. The zero-order valence-electron chi connectivity index (χ0n) is 18.4. The van der Waals surface area contributed by atoms with Gasteiger partial charge in [0.15, 0.2) is 0 Å². The van der Waals surface area contributed by atoms with Gasteiger partial charge >= 0.3 is 226 Å². The van der Waals surface area contributed by atoms with Crippen LogP contribution in [0.15, 0.2) is 18.2 Å². The van der Waals surface area contributed by atoms with E-state index in [9.17, 15) is 0 Å². The van der Waals surface area contributed by atoms with E-state index in [-0.39, 0.29) is 44.5 Å². The van der Waals surface area contributed by atoms with Gasteiger partial charge in [0.25, 0.3) is 0 Å². The fourth-order valence-corrected chi connectivity index (χ4v) is 6.45. The molecule has 4 aromatic rings. The van der Waals surface area contributed by atoms with Crippen LogP contribution in [0.4, 0.5) is 0 Å². The molecule has 11 heteroatoms. The average Bonchev–Trinajstić information content (AvgIpc) is 2.77. The van der Waals surface area contributed by atoms with Gasteiger partial charge in [-0.3, -0.25) is 0 Å². The van der Waals surface area contributed by atoms with Gasteiger partial charge in [-0.1, -0.05) is 0 Å². The van der Waals surface area contributed by atoms with Crippen molar-refractivity contribution in [3.8, 4) is 23.0 Å². The third-order valence-corrected chi connectivity index (χ3v) is 7.41. The predicted octanol–water partition coefficient (Wildman–Crippen LogP) is 1.88. The molecule has 4 rings (SSSR count). The first-order chi connectivity index (χ1) is 15.4. The van der Waals surface area contributed by atoms with Crippen LogP contribution in [0.25, 0.3) is 21.8 Å². The van der Waals surface area contributed by atoms with E-state index in [1.807, 2.05) is 25.1 Å². The fraction of sp³-hybridized carbons (Fsp3) is 0.273. The number of hydrogen-bond acceptors (Lipinski definition) is 8. The first kappa shape index (κ1) is 25.7. The van der Waals surface area contributed by atoms with Gasteiger partial charge in [0.2, 0.25) is 0 Å². The number of rotatable bonds is 6. The molecule has 0 amide bonds. The van der Waals surface area contributed by atoms with Crippen molar-refractivity contribution in [2.45, 2.75) is 13.8 Å². The van der Waals surface area contributed by atoms with E-state index in [4.69, 9.17) is 35.5 Å². The Morgan fingerprint density at radius 2 is 1.30 bits per heavy atom. The summed E-state index contributed by atoms with van der Waals surface area (Å²) in [5, 5.41) is 1.94. The molecule has 0 unspecified atom stereocenters. The molecule has 2 aromatic carbocycles. The molecule has 8 nitrogen and oxygen atoms in total. The van der Waals surface area contributed by atoms with Crippen LogP contribution in [-0.2, 0) is 0 Å². The maximum atomic E-state index is 6.59. The number of aryl methyl sites for hydroxylation is 2. The Morgan fingerprint density at radius 3 is 1.94 bits per heavy atom. The Labute approximate surface area is 224 Å². The SMILES string of the molecule is COc1cc2nc(C)nc([Se]c3c(OC)c(OC)cc4nc(C)nc(Cl)c34)c2cc1OC.[NaH]. The molecule has 0 saturated heterocycles. The van der Waals surface area contributed by atoms with Gasteiger partial charge in [0.1, 0.15) is 0 Å². The number of halogens is 1. The van der Waals surface area contributed by atoms with Gasteiger partial charge in [-0.05, 0) is 0 Å². The summed E-state index contributed by atoms with van der Waals surface area (Å²) in [7, 11) is 6.39. The van der Waals surface area contributed by atoms with Crippen LogP contribution in [0, 0.1) is 13.8 Å². The maximum absolute atomic E-state index is 6.59. The second-order valence-electron chi connectivity index (χ2n) is 6.80. The second-order valence-corrected chi connectivity index (χ2v) is 9.25. The van der Waals surface area contributed by atoms with Gasteiger partial charge in [-0.15, -0.1) is 0 Å². The molecule has 0 aliphatic carbocycles. The normalized spacial score (nSPS) is 10.8. The summed E-state index contributed by atoms with van der Waals surface area (Å²) >= 11 is 6.23. The number of fused-ring (bicyclic) bond motifs is 2. The summed E-state index contributed by atoms with van der Waals surface area (Å²) in [6.07, 6.45) is 0. The molecule has 0 spiro atoms. The standard InChI is InChI=1S/C22H21ClN4O4Se.Na.H/c1-10-25-14-9-17(30-5)19(31-6)20(18(14)21(23)26-10)32-22-12-7-15(28-3)16(29-4)8-13(12)24-11(2)27-22;;/h7-9H,1-6H3;;. The molecule has 0 aliphatic rings. The summed E-state index contributed by atoms with van der Waals surface area (Å²) in [5.41, 5.74) is 1.45. The molecule has 33 heavy (non-hydrogen) atoms. The molecule has 2 heterocycles. The van der Waals surface area contributed by atoms with Crippen molar-refractivity contribution >= 4 is 87.0 Å². The van der Waals surface area contributed by atoms with Crippen LogP contribution in [0.3, 0.4) is 0 Å². The number of nitrogens with zero attached hydrogens (tertiary/aromatic N) is 4. The molecule has 0 N–H and O–H groups in total. The van der Waals surface area contributed by atoms with Crippen molar-refractivity contribution in [2.75, 3.05) is 28.4 Å². The molecular weight excluding hydrogens is 522 g/mol. The topological polar surface area (TPSA) is 88.5 Å². The molecule has 0 bridgehead atoms. The van der Waals surface area contributed by atoms with Gasteiger partial charge in [-0.25, -0.2) is 0 Å². The Bertz CT molecular complexity index is 1360. The summed E-state index contributed by atoms with van der Waals surface area (Å²) < 4.78 is 24.0.